The zero-order valence-corrected chi connectivity index (χ0v) is 12.6. The van der Waals surface area contributed by atoms with Crippen LogP contribution in [0.5, 0.6) is 5.75 Å². The van der Waals surface area contributed by atoms with Crippen molar-refractivity contribution in [3.63, 3.8) is 0 Å². The summed E-state index contributed by atoms with van der Waals surface area (Å²) < 4.78 is 0. The van der Waals surface area contributed by atoms with Crippen LogP contribution in [0.1, 0.15) is 41.3 Å². The second kappa shape index (κ2) is 6.39. The van der Waals surface area contributed by atoms with Gasteiger partial charge in [-0.2, -0.15) is 0 Å². The molecule has 1 aromatic heterocycles. The average molecular weight is 284 g/mol. The summed E-state index contributed by atoms with van der Waals surface area (Å²) in [6.07, 6.45) is 2.77. The van der Waals surface area contributed by atoms with E-state index >= 15 is 0 Å². The minimum absolute atomic E-state index is 0.00413. The van der Waals surface area contributed by atoms with Gasteiger partial charge in [0, 0.05) is 19.8 Å². The SMILES string of the molecule is CC(C)c1ccc(CN(C)C(=O)c2cncc(O)c2)cc1. The van der Waals surface area contributed by atoms with E-state index in [9.17, 15) is 9.90 Å². The monoisotopic (exact) mass is 284 g/mol. The molecule has 0 aliphatic rings. The number of carbonyl (C=O) groups excluding carboxylic acids is 1. The Balaban J connectivity index is 2.07. The van der Waals surface area contributed by atoms with E-state index in [4.69, 9.17) is 0 Å². The number of amides is 1. The molecule has 21 heavy (non-hydrogen) atoms. The molecule has 0 aliphatic carbocycles. The third kappa shape index (κ3) is 3.81. The van der Waals surface area contributed by atoms with Crippen LogP contribution in [0.2, 0.25) is 0 Å². The number of nitrogens with zero attached hydrogens (tertiary/aromatic N) is 2. The van der Waals surface area contributed by atoms with E-state index in [2.05, 4.69) is 31.0 Å². The lowest BCUT2D eigenvalue weighted by molar-refractivity contribution is 0.0784. The summed E-state index contributed by atoms with van der Waals surface area (Å²) >= 11 is 0. The van der Waals surface area contributed by atoms with Crippen molar-refractivity contribution in [3.05, 3.63) is 59.4 Å². The summed E-state index contributed by atoms with van der Waals surface area (Å²) in [5.74, 6) is 0.332. The number of hydrogen-bond acceptors (Lipinski definition) is 3. The summed E-state index contributed by atoms with van der Waals surface area (Å²) in [5.41, 5.74) is 2.74. The molecule has 1 N–H and O–H groups in total. The first-order valence-corrected chi connectivity index (χ1v) is 6.95. The van der Waals surface area contributed by atoms with Crippen molar-refractivity contribution in [2.24, 2.45) is 0 Å². The molecule has 2 rings (SSSR count). The Labute approximate surface area is 125 Å². The van der Waals surface area contributed by atoms with Crippen LogP contribution in [0.25, 0.3) is 0 Å². The fourth-order valence-electron chi connectivity index (χ4n) is 2.12. The second-order valence-corrected chi connectivity index (χ2v) is 5.49. The Bertz CT molecular complexity index is 621. The highest BCUT2D eigenvalue weighted by atomic mass is 16.3. The van der Waals surface area contributed by atoms with Crippen molar-refractivity contribution in [3.8, 4) is 5.75 Å². The maximum absolute atomic E-state index is 12.3. The summed E-state index contributed by atoms with van der Waals surface area (Å²) in [6, 6.07) is 9.69. The number of aromatic hydroxyl groups is 1. The fraction of sp³-hybridized carbons (Fsp3) is 0.294. The van der Waals surface area contributed by atoms with Crippen LogP contribution in [0, 0.1) is 0 Å². The Morgan fingerprint density at radius 2 is 1.90 bits per heavy atom. The van der Waals surface area contributed by atoms with Crippen LogP contribution in [-0.2, 0) is 6.54 Å². The van der Waals surface area contributed by atoms with Gasteiger partial charge in [0.05, 0.1) is 11.8 Å². The molecule has 0 aliphatic heterocycles. The van der Waals surface area contributed by atoms with Gasteiger partial charge in [0.25, 0.3) is 5.91 Å². The lowest BCUT2D eigenvalue weighted by atomic mass is 10.0. The molecule has 2 aromatic rings. The van der Waals surface area contributed by atoms with Gasteiger partial charge < -0.3 is 10.0 Å². The van der Waals surface area contributed by atoms with Gasteiger partial charge in [-0.1, -0.05) is 38.1 Å². The van der Waals surface area contributed by atoms with E-state index in [0.717, 1.165) is 5.56 Å². The maximum Gasteiger partial charge on any atom is 0.255 e. The highest BCUT2D eigenvalue weighted by Gasteiger charge is 2.13. The van der Waals surface area contributed by atoms with E-state index < -0.39 is 0 Å². The first-order chi connectivity index (χ1) is 9.97. The molecule has 0 spiro atoms. The standard InChI is InChI=1S/C17H20N2O2/c1-12(2)14-6-4-13(5-7-14)11-19(3)17(21)15-8-16(20)10-18-9-15/h4-10,12,20H,11H2,1-3H3. The minimum atomic E-state index is -0.161. The van der Waals surface area contributed by atoms with Crippen LogP contribution in [-0.4, -0.2) is 27.9 Å². The molecule has 1 aromatic carbocycles. The van der Waals surface area contributed by atoms with Crippen LogP contribution < -0.4 is 0 Å². The Morgan fingerprint density at radius 3 is 2.48 bits per heavy atom. The maximum atomic E-state index is 12.3. The molecular formula is C17H20N2O2. The first-order valence-electron chi connectivity index (χ1n) is 6.95. The summed E-state index contributed by atoms with van der Waals surface area (Å²) in [6.45, 7) is 4.83. The molecule has 0 saturated carbocycles. The van der Waals surface area contributed by atoms with E-state index in [1.807, 2.05) is 12.1 Å². The van der Waals surface area contributed by atoms with Gasteiger partial charge in [-0.25, -0.2) is 0 Å². The fourth-order valence-corrected chi connectivity index (χ4v) is 2.12. The number of aromatic nitrogens is 1. The number of carbonyl (C=O) groups is 1. The lowest BCUT2D eigenvalue weighted by Gasteiger charge is -2.17. The van der Waals surface area contributed by atoms with Crippen LogP contribution in [0.4, 0.5) is 0 Å². The van der Waals surface area contributed by atoms with Gasteiger partial charge in [-0.15, -0.1) is 0 Å². The Hall–Kier alpha value is -2.36. The van der Waals surface area contributed by atoms with Crippen molar-refractivity contribution in [1.29, 1.82) is 0 Å². The molecule has 4 heteroatoms. The predicted molar refractivity (Wildman–Crippen MR) is 82.2 cm³/mol. The predicted octanol–water partition coefficient (Wildman–Crippen LogP) is 3.18. The molecule has 1 heterocycles. The first kappa shape index (κ1) is 15.0. The summed E-state index contributed by atoms with van der Waals surface area (Å²) in [7, 11) is 1.74. The highest BCUT2D eigenvalue weighted by molar-refractivity contribution is 5.94. The van der Waals surface area contributed by atoms with Gasteiger partial charge in [0.2, 0.25) is 0 Å². The number of rotatable bonds is 4. The molecule has 110 valence electrons. The zero-order chi connectivity index (χ0) is 15.4. The van der Waals surface area contributed by atoms with Gasteiger partial charge in [0.1, 0.15) is 5.75 Å². The van der Waals surface area contributed by atoms with Gasteiger partial charge in [0.15, 0.2) is 0 Å². The quantitative estimate of drug-likeness (QED) is 0.938. The highest BCUT2D eigenvalue weighted by Crippen LogP contribution is 2.16. The topological polar surface area (TPSA) is 53.4 Å². The van der Waals surface area contributed by atoms with Crippen molar-refractivity contribution < 1.29 is 9.90 Å². The Morgan fingerprint density at radius 1 is 1.24 bits per heavy atom. The van der Waals surface area contributed by atoms with Crippen molar-refractivity contribution >= 4 is 5.91 Å². The summed E-state index contributed by atoms with van der Waals surface area (Å²) in [4.78, 5) is 17.7. The number of benzene rings is 1. The van der Waals surface area contributed by atoms with Crippen LogP contribution in [0.3, 0.4) is 0 Å². The third-order valence-electron chi connectivity index (χ3n) is 3.38. The van der Waals surface area contributed by atoms with Crippen LogP contribution >= 0.6 is 0 Å². The smallest absolute Gasteiger partial charge is 0.255 e. The van der Waals surface area contributed by atoms with E-state index in [0.29, 0.717) is 18.0 Å². The molecule has 0 saturated heterocycles. The normalized spacial score (nSPS) is 10.7. The minimum Gasteiger partial charge on any atom is -0.506 e. The van der Waals surface area contributed by atoms with Gasteiger partial charge >= 0.3 is 0 Å². The van der Waals surface area contributed by atoms with Crippen molar-refractivity contribution in [2.75, 3.05) is 7.05 Å². The molecule has 0 fully saturated rings. The van der Waals surface area contributed by atoms with Gasteiger partial charge in [-0.05, 0) is 23.1 Å². The molecular weight excluding hydrogens is 264 g/mol. The molecule has 0 unspecified atom stereocenters. The summed E-state index contributed by atoms with van der Waals surface area (Å²) in [5, 5.41) is 9.38. The second-order valence-electron chi connectivity index (χ2n) is 5.49. The lowest BCUT2D eigenvalue weighted by Crippen LogP contribution is -2.26. The third-order valence-corrected chi connectivity index (χ3v) is 3.38. The molecule has 0 radical (unpaired) electrons. The molecule has 4 nitrogen and oxygen atoms in total. The van der Waals surface area contributed by atoms with E-state index in [1.165, 1.54) is 24.0 Å². The molecule has 0 atom stereocenters. The molecule has 0 bridgehead atoms. The average Bonchev–Trinajstić information content (AvgIpc) is 2.47. The van der Waals surface area contributed by atoms with E-state index in [1.54, 1.807) is 11.9 Å². The largest absolute Gasteiger partial charge is 0.506 e. The van der Waals surface area contributed by atoms with Crippen molar-refractivity contribution in [1.82, 2.24) is 9.88 Å². The zero-order valence-electron chi connectivity index (χ0n) is 12.6. The number of pyridine rings is 1. The van der Waals surface area contributed by atoms with Crippen LogP contribution in [0.15, 0.2) is 42.7 Å². The Kier molecular flexibility index (Phi) is 4.58. The van der Waals surface area contributed by atoms with E-state index in [-0.39, 0.29) is 11.7 Å². The number of hydrogen-bond donors (Lipinski definition) is 1. The molecule has 1 amide bonds. The van der Waals surface area contributed by atoms with Crippen molar-refractivity contribution in [2.45, 2.75) is 26.3 Å². The van der Waals surface area contributed by atoms with Gasteiger partial charge in [-0.3, -0.25) is 9.78 Å².